The van der Waals surface area contributed by atoms with Crippen LogP contribution < -0.4 is 11.1 Å². The molecule has 3 N–H and O–H groups in total. The molecule has 0 spiro atoms. The highest BCUT2D eigenvalue weighted by molar-refractivity contribution is 14.1. The summed E-state index contributed by atoms with van der Waals surface area (Å²) in [5.74, 6) is 6.89. The topological polar surface area (TPSA) is 50.4 Å². The summed E-state index contributed by atoms with van der Waals surface area (Å²) in [6.45, 7) is 4.52. The maximum atomic E-state index is 5.80. The fourth-order valence-electron chi connectivity index (χ4n) is 2.34. The minimum atomic E-state index is -0.313. The van der Waals surface area contributed by atoms with Crippen LogP contribution in [-0.4, -0.2) is 16.8 Å². The summed E-state index contributed by atoms with van der Waals surface area (Å²) < 4.78 is 0.858. The van der Waals surface area contributed by atoms with Crippen molar-refractivity contribution in [2.45, 2.75) is 19.4 Å². The van der Waals surface area contributed by atoms with Gasteiger partial charge < -0.3 is 11.1 Å². The predicted octanol–water partition coefficient (Wildman–Crippen LogP) is 4.18. The number of rotatable bonds is 5. The third-order valence-corrected chi connectivity index (χ3v) is 5.04. The smallest absolute Gasteiger partial charge is 0.0938 e. The summed E-state index contributed by atoms with van der Waals surface area (Å²) in [6.07, 6.45) is 0. The molecule has 0 aliphatic rings. The number of halogens is 1. The number of anilines is 1. The van der Waals surface area contributed by atoms with Crippen molar-refractivity contribution in [2.24, 2.45) is 10.7 Å². The molecular formula is C20H22IN3. The van der Waals surface area contributed by atoms with Crippen molar-refractivity contribution in [1.82, 2.24) is 0 Å². The van der Waals surface area contributed by atoms with Crippen LogP contribution in [0.3, 0.4) is 0 Å². The highest BCUT2D eigenvalue weighted by atomic mass is 127. The van der Waals surface area contributed by atoms with Gasteiger partial charge in [0.1, 0.15) is 0 Å². The molecular weight excluding hydrogens is 409 g/mol. The standard InChI is InChI=1S/C20H22IN3/c1-16(22)24-20(2,15-21)18-11-6-12-19(14-18)23-13-7-10-17-8-4-3-5-9-17/h3-6,8-9,11-12,14,23H,13,15H2,1-2H3,(H2,22,24)/t20-/m0/s1. The first-order valence-electron chi connectivity index (χ1n) is 7.80. The van der Waals surface area contributed by atoms with Crippen molar-refractivity contribution in [3.05, 3.63) is 65.7 Å². The molecule has 0 amide bonds. The van der Waals surface area contributed by atoms with Crippen molar-refractivity contribution < 1.29 is 0 Å². The molecule has 0 aromatic heterocycles. The van der Waals surface area contributed by atoms with Crippen molar-refractivity contribution in [3.63, 3.8) is 0 Å². The van der Waals surface area contributed by atoms with E-state index in [0.29, 0.717) is 12.4 Å². The zero-order valence-electron chi connectivity index (χ0n) is 14.0. The summed E-state index contributed by atoms with van der Waals surface area (Å²) in [7, 11) is 0. The fourth-order valence-corrected chi connectivity index (χ4v) is 2.95. The van der Waals surface area contributed by atoms with Gasteiger partial charge in [-0.05, 0) is 43.7 Å². The number of nitrogens with zero attached hydrogens (tertiary/aromatic N) is 1. The fraction of sp³-hybridized carbons (Fsp3) is 0.250. The number of benzene rings is 2. The molecule has 0 fully saturated rings. The Morgan fingerprint density at radius 3 is 2.62 bits per heavy atom. The van der Waals surface area contributed by atoms with Gasteiger partial charge in [0.15, 0.2) is 0 Å². The monoisotopic (exact) mass is 431 g/mol. The number of hydrogen-bond acceptors (Lipinski definition) is 2. The quantitative estimate of drug-likeness (QED) is 0.245. The van der Waals surface area contributed by atoms with Crippen LogP contribution in [0.4, 0.5) is 5.69 Å². The molecule has 0 radical (unpaired) electrons. The van der Waals surface area contributed by atoms with Crippen molar-refractivity contribution in [3.8, 4) is 11.8 Å². The minimum absolute atomic E-state index is 0.313. The van der Waals surface area contributed by atoms with Crippen LogP contribution in [-0.2, 0) is 5.54 Å². The molecule has 2 aromatic carbocycles. The second-order valence-corrected chi connectivity index (χ2v) is 6.53. The first-order valence-corrected chi connectivity index (χ1v) is 9.32. The van der Waals surface area contributed by atoms with Crippen LogP contribution in [0.1, 0.15) is 25.0 Å². The zero-order valence-corrected chi connectivity index (χ0v) is 16.2. The van der Waals surface area contributed by atoms with Gasteiger partial charge in [0.25, 0.3) is 0 Å². The van der Waals surface area contributed by atoms with Crippen molar-refractivity contribution >= 4 is 34.1 Å². The summed E-state index contributed by atoms with van der Waals surface area (Å²) in [5, 5.41) is 3.35. The van der Waals surface area contributed by atoms with E-state index in [-0.39, 0.29) is 5.54 Å². The lowest BCUT2D eigenvalue weighted by Crippen LogP contribution is -2.25. The van der Waals surface area contributed by atoms with Crippen LogP contribution in [0, 0.1) is 11.8 Å². The maximum Gasteiger partial charge on any atom is 0.0938 e. The summed E-state index contributed by atoms with van der Waals surface area (Å²) in [6, 6.07) is 18.3. The van der Waals surface area contributed by atoms with E-state index >= 15 is 0 Å². The second-order valence-electron chi connectivity index (χ2n) is 5.76. The van der Waals surface area contributed by atoms with Crippen LogP contribution in [0.25, 0.3) is 0 Å². The summed E-state index contributed by atoms with van der Waals surface area (Å²) >= 11 is 2.35. The molecule has 0 aliphatic carbocycles. The molecule has 0 aliphatic heterocycles. The largest absolute Gasteiger partial charge is 0.388 e. The van der Waals surface area contributed by atoms with Gasteiger partial charge >= 0.3 is 0 Å². The van der Waals surface area contributed by atoms with E-state index in [9.17, 15) is 0 Å². The summed E-state index contributed by atoms with van der Waals surface area (Å²) in [5.41, 5.74) is 8.69. The van der Waals surface area contributed by atoms with Crippen LogP contribution >= 0.6 is 22.6 Å². The lowest BCUT2D eigenvalue weighted by atomic mass is 9.94. The molecule has 24 heavy (non-hydrogen) atoms. The zero-order chi connectivity index (χ0) is 17.4. The van der Waals surface area contributed by atoms with Crippen molar-refractivity contribution in [2.75, 3.05) is 16.3 Å². The molecule has 4 heteroatoms. The van der Waals surface area contributed by atoms with Crippen molar-refractivity contribution in [1.29, 1.82) is 0 Å². The molecule has 2 rings (SSSR count). The van der Waals surface area contributed by atoms with Gasteiger partial charge in [-0.15, -0.1) is 0 Å². The molecule has 2 aromatic rings. The third kappa shape index (κ3) is 5.27. The highest BCUT2D eigenvalue weighted by Crippen LogP contribution is 2.29. The normalized spacial score (nSPS) is 13.5. The van der Waals surface area contributed by atoms with Gasteiger partial charge in [-0.2, -0.15) is 0 Å². The van der Waals surface area contributed by atoms with Gasteiger partial charge in [0.05, 0.1) is 17.9 Å². The van der Waals surface area contributed by atoms with E-state index < -0.39 is 0 Å². The van der Waals surface area contributed by atoms with Crippen LogP contribution in [0.15, 0.2) is 59.6 Å². The molecule has 0 heterocycles. The number of amidine groups is 1. The van der Waals surface area contributed by atoms with Crippen LogP contribution in [0.5, 0.6) is 0 Å². The van der Waals surface area contributed by atoms with E-state index in [1.165, 1.54) is 0 Å². The van der Waals surface area contributed by atoms with Crippen LogP contribution in [0.2, 0.25) is 0 Å². The van der Waals surface area contributed by atoms with Gasteiger partial charge in [-0.1, -0.05) is 64.8 Å². The van der Waals surface area contributed by atoms with E-state index in [1.54, 1.807) is 0 Å². The first kappa shape index (κ1) is 18.3. The second kappa shape index (κ2) is 8.74. The Morgan fingerprint density at radius 1 is 1.21 bits per heavy atom. The number of nitrogens with two attached hydrogens (primary N) is 1. The lowest BCUT2D eigenvalue weighted by molar-refractivity contribution is 0.578. The Balaban J connectivity index is 2.08. The van der Waals surface area contributed by atoms with Gasteiger partial charge in [0, 0.05) is 15.7 Å². The lowest BCUT2D eigenvalue weighted by Gasteiger charge is -2.24. The molecule has 0 unspecified atom stereocenters. The first-order chi connectivity index (χ1) is 11.5. The minimum Gasteiger partial charge on any atom is -0.388 e. The van der Waals surface area contributed by atoms with Gasteiger partial charge in [0.2, 0.25) is 0 Å². The summed E-state index contributed by atoms with van der Waals surface area (Å²) in [4.78, 5) is 4.61. The third-order valence-electron chi connectivity index (χ3n) is 3.56. The van der Waals surface area contributed by atoms with E-state index in [2.05, 4.69) is 63.8 Å². The van der Waals surface area contributed by atoms with Gasteiger partial charge in [-0.3, -0.25) is 4.99 Å². The maximum absolute atomic E-state index is 5.80. The molecule has 0 bridgehead atoms. The Bertz CT molecular complexity index is 755. The molecule has 124 valence electrons. The Morgan fingerprint density at radius 2 is 1.96 bits per heavy atom. The molecule has 1 atom stereocenters. The van der Waals surface area contributed by atoms with Gasteiger partial charge in [-0.25, -0.2) is 0 Å². The Hall–Kier alpha value is -2.00. The molecule has 0 saturated carbocycles. The number of hydrogen-bond donors (Lipinski definition) is 2. The number of nitrogens with one attached hydrogen (secondary N) is 1. The predicted molar refractivity (Wildman–Crippen MR) is 112 cm³/mol. The van der Waals surface area contributed by atoms with E-state index in [4.69, 9.17) is 5.73 Å². The Labute approximate surface area is 157 Å². The average Bonchev–Trinajstić information content (AvgIpc) is 2.59. The van der Waals surface area contributed by atoms with E-state index in [1.807, 2.05) is 49.4 Å². The molecule has 3 nitrogen and oxygen atoms in total. The Kier molecular flexibility index (Phi) is 6.68. The number of alkyl halides is 1. The highest BCUT2D eigenvalue weighted by Gasteiger charge is 2.24. The van der Waals surface area contributed by atoms with E-state index in [0.717, 1.165) is 21.2 Å². The average molecular weight is 431 g/mol. The molecule has 0 saturated heterocycles. The SMILES string of the molecule is CC(N)=N[C@@](C)(CI)c1cccc(NCC#Cc2ccccc2)c1. The number of aliphatic imine (C=N–C) groups is 1.